The van der Waals surface area contributed by atoms with Gasteiger partial charge in [-0.15, -0.1) is 12.4 Å². The highest BCUT2D eigenvalue weighted by Gasteiger charge is 2.53. The summed E-state index contributed by atoms with van der Waals surface area (Å²) < 4.78 is 27.4. The van der Waals surface area contributed by atoms with Crippen LogP contribution in [0.1, 0.15) is 60.1 Å². The van der Waals surface area contributed by atoms with Crippen LogP contribution in [-0.2, 0) is 10.2 Å². The first kappa shape index (κ1) is 21.7. The first-order valence-corrected chi connectivity index (χ1v) is 10.4. The Balaban J connectivity index is 0.00000231. The van der Waals surface area contributed by atoms with Gasteiger partial charge in [0, 0.05) is 36.2 Å². The van der Waals surface area contributed by atoms with E-state index in [0.29, 0.717) is 16.9 Å². The number of hydrogen-bond donors (Lipinski definition) is 2. The van der Waals surface area contributed by atoms with Crippen LogP contribution in [0.5, 0.6) is 0 Å². The number of nitrogens with one attached hydrogen (secondary N) is 2. The van der Waals surface area contributed by atoms with Gasteiger partial charge in [-0.25, -0.2) is 8.78 Å². The maximum absolute atomic E-state index is 13.7. The van der Waals surface area contributed by atoms with E-state index in [0.717, 1.165) is 29.5 Å². The number of aryl methyl sites for hydroxylation is 1. The van der Waals surface area contributed by atoms with Crippen molar-refractivity contribution in [3.05, 3.63) is 47.3 Å². The molecule has 2 aliphatic carbocycles. The summed E-state index contributed by atoms with van der Waals surface area (Å²) in [6.45, 7) is 1.95. The molecule has 8 heteroatoms. The molecule has 2 heterocycles. The summed E-state index contributed by atoms with van der Waals surface area (Å²) in [4.78, 5) is 29.7. The van der Waals surface area contributed by atoms with Gasteiger partial charge < -0.3 is 10.6 Å². The molecule has 1 aromatic heterocycles. The van der Waals surface area contributed by atoms with Crippen molar-refractivity contribution in [2.45, 2.75) is 62.8 Å². The molecular formula is C23H24ClF2N3O2. The van der Waals surface area contributed by atoms with Crippen molar-refractivity contribution in [2.24, 2.45) is 0 Å². The number of rotatable bonds is 3. The Bertz CT molecular complexity index is 1060. The summed E-state index contributed by atoms with van der Waals surface area (Å²) in [5.74, 6) is -3.05. The monoisotopic (exact) mass is 447 g/mol. The molecule has 2 aromatic rings. The van der Waals surface area contributed by atoms with Crippen LogP contribution in [0.3, 0.4) is 0 Å². The highest BCUT2D eigenvalue weighted by Crippen LogP contribution is 2.50. The summed E-state index contributed by atoms with van der Waals surface area (Å²) in [6, 6.07) is 7.65. The van der Waals surface area contributed by atoms with Crippen molar-refractivity contribution >= 4 is 29.9 Å². The standard InChI is InChI=1S/C23H23F2N3O2.ClH/c1-13-2-3-14(20(29)27-16-4-5-16)10-17(13)15-11-18-19(26-12-15)22(21(30)28-18)6-8-23(24,25)9-7-22;/h2-3,10-12,16H,4-9H2,1H3,(H,27,29)(H,28,30);1H. The van der Waals surface area contributed by atoms with Gasteiger partial charge in [-0.2, -0.15) is 0 Å². The second-order valence-electron chi connectivity index (χ2n) is 8.79. The maximum atomic E-state index is 13.7. The molecule has 2 amide bonds. The van der Waals surface area contributed by atoms with E-state index in [1.165, 1.54) is 0 Å². The molecule has 0 unspecified atom stereocenters. The lowest BCUT2D eigenvalue weighted by atomic mass is 9.71. The molecule has 0 bridgehead atoms. The van der Waals surface area contributed by atoms with E-state index in [-0.39, 0.29) is 55.9 Å². The van der Waals surface area contributed by atoms with Crippen molar-refractivity contribution in [1.82, 2.24) is 10.3 Å². The van der Waals surface area contributed by atoms with E-state index in [2.05, 4.69) is 15.6 Å². The zero-order chi connectivity index (χ0) is 21.1. The molecule has 2 fully saturated rings. The molecule has 2 N–H and O–H groups in total. The van der Waals surface area contributed by atoms with Gasteiger partial charge in [0.2, 0.25) is 11.8 Å². The fourth-order valence-corrected chi connectivity index (χ4v) is 4.52. The molecule has 3 aliphatic rings. The first-order valence-electron chi connectivity index (χ1n) is 10.4. The van der Waals surface area contributed by atoms with Crippen molar-refractivity contribution in [1.29, 1.82) is 0 Å². The van der Waals surface area contributed by atoms with Crippen LogP contribution in [0.15, 0.2) is 30.5 Å². The number of halogens is 3. The Labute approximate surface area is 185 Å². The van der Waals surface area contributed by atoms with E-state index in [4.69, 9.17) is 0 Å². The van der Waals surface area contributed by atoms with E-state index in [1.54, 1.807) is 12.3 Å². The molecule has 0 atom stereocenters. The number of fused-ring (bicyclic) bond motifs is 2. The largest absolute Gasteiger partial charge is 0.349 e. The van der Waals surface area contributed by atoms with Crippen molar-refractivity contribution in [3.63, 3.8) is 0 Å². The lowest BCUT2D eigenvalue weighted by Crippen LogP contribution is -2.42. The highest BCUT2D eigenvalue weighted by molar-refractivity contribution is 6.06. The summed E-state index contributed by atoms with van der Waals surface area (Å²) in [5.41, 5.74) is 3.39. The quantitative estimate of drug-likeness (QED) is 0.712. The number of alkyl halides is 2. The van der Waals surface area contributed by atoms with Gasteiger partial charge in [0.25, 0.3) is 5.91 Å². The van der Waals surface area contributed by atoms with Crippen LogP contribution < -0.4 is 10.6 Å². The van der Waals surface area contributed by atoms with Crippen LogP contribution in [0, 0.1) is 6.92 Å². The molecule has 1 aromatic carbocycles. The highest BCUT2D eigenvalue weighted by atomic mass is 35.5. The number of anilines is 1. The maximum Gasteiger partial charge on any atom is 0.251 e. The van der Waals surface area contributed by atoms with E-state index in [9.17, 15) is 18.4 Å². The first-order chi connectivity index (χ1) is 14.3. The van der Waals surface area contributed by atoms with Gasteiger partial charge in [0.05, 0.1) is 16.8 Å². The van der Waals surface area contributed by atoms with Crippen molar-refractivity contribution in [2.75, 3.05) is 5.32 Å². The minimum absolute atomic E-state index is 0. The summed E-state index contributed by atoms with van der Waals surface area (Å²) in [7, 11) is 0. The van der Waals surface area contributed by atoms with E-state index >= 15 is 0 Å². The number of aromatic nitrogens is 1. The van der Waals surface area contributed by atoms with Crippen LogP contribution >= 0.6 is 12.4 Å². The summed E-state index contributed by atoms with van der Waals surface area (Å²) >= 11 is 0. The van der Waals surface area contributed by atoms with Gasteiger partial charge in [-0.1, -0.05) is 6.07 Å². The number of benzene rings is 1. The molecule has 0 saturated heterocycles. The van der Waals surface area contributed by atoms with E-state index in [1.807, 2.05) is 25.1 Å². The van der Waals surface area contributed by atoms with Crippen molar-refractivity contribution in [3.8, 4) is 11.1 Å². The van der Waals surface area contributed by atoms with Crippen LogP contribution in [0.4, 0.5) is 14.5 Å². The molecule has 5 rings (SSSR count). The number of pyridine rings is 1. The number of hydrogen-bond acceptors (Lipinski definition) is 3. The molecule has 2 saturated carbocycles. The third-order valence-electron chi connectivity index (χ3n) is 6.58. The normalized spacial score (nSPS) is 20.5. The van der Waals surface area contributed by atoms with Gasteiger partial charge in [-0.3, -0.25) is 14.6 Å². The van der Waals surface area contributed by atoms with Gasteiger partial charge >= 0.3 is 0 Å². The van der Waals surface area contributed by atoms with Crippen LogP contribution in [-0.4, -0.2) is 28.8 Å². The number of nitrogens with zero attached hydrogens (tertiary/aromatic N) is 1. The number of carbonyl (C=O) groups excluding carboxylic acids is 2. The fourth-order valence-electron chi connectivity index (χ4n) is 4.52. The minimum Gasteiger partial charge on any atom is -0.349 e. The third kappa shape index (κ3) is 3.80. The molecular weight excluding hydrogens is 424 g/mol. The smallest absolute Gasteiger partial charge is 0.251 e. The fraction of sp³-hybridized carbons (Fsp3) is 0.435. The van der Waals surface area contributed by atoms with Crippen LogP contribution in [0.25, 0.3) is 11.1 Å². The van der Waals surface area contributed by atoms with Gasteiger partial charge in [-0.05, 0) is 61.9 Å². The number of carbonyl (C=O) groups is 2. The zero-order valence-electron chi connectivity index (χ0n) is 17.1. The lowest BCUT2D eigenvalue weighted by Gasteiger charge is -2.34. The molecule has 0 radical (unpaired) electrons. The zero-order valence-corrected chi connectivity index (χ0v) is 18.0. The Hall–Kier alpha value is -2.54. The summed E-state index contributed by atoms with van der Waals surface area (Å²) in [6.07, 6.45) is 3.31. The molecule has 1 spiro atoms. The third-order valence-corrected chi connectivity index (χ3v) is 6.58. The molecule has 31 heavy (non-hydrogen) atoms. The van der Waals surface area contributed by atoms with Crippen molar-refractivity contribution < 1.29 is 18.4 Å². The summed E-state index contributed by atoms with van der Waals surface area (Å²) in [5, 5.41) is 5.85. The predicted molar refractivity (Wildman–Crippen MR) is 116 cm³/mol. The predicted octanol–water partition coefficient (Wildman–Crippen LogP) is 4.77. The Morgan fingerprint density at radius 3 is 2.55 bits per heavy atom. The number of amides is 2. The SMILES string of the molecule is Cc1ccc(C(=O)NC2CC2)cc1-c1cnc2c(c1)NC(=O)C21CCC(F)(F)CC1.Cl. The van der Waals surface area contributed by atoms with Gasteiger partial charge in [0.1, 0.15) is 0 Å². The second kappa shape index (κ2) is 7.55. The Morgan fingerprint density at radius 1 is 1.16 bits per heavy atom. The molecule has 164 valence electrons. The average Bonchev–Trinajstić information content (AvgIpc) is 3.48. The second-order valence-corrected chi connectivity index (χ2v) is 8.79. The molecule has 5 nitrogen and oxygen atoms in total. The topological polar surface area (TPSA) is 71.1 Å². The van der Waals surface area contributed by atoms with Crippen LogP contribution in [0.2, 0.25) is 0 Å². The minimum atomic E-state index is -2.72. The van der Waals surface area contributed by atoms with E-state index < -0.39 is 11.3 Å². The lowest BCUT2D eigenvalue weighted by molar-refractivity contribution is -0.126. The molecule has 1 aliphatic heterocycles. The Morgan fingerprint density at radius 2 is 1.87 bits per heavy atom. The Kier molecular flexibility index (Phi) is 5.28. The van der Waals surface area contributed by atoms with Gasteiger partial charge in [0.15, 0.2) is 0 Å². The average molecular weight is 448 g/mol.